The van der Waals surface area contributed by atoms with Crippen LogP contribution in [0, 0.1) is 0 Å². The summed E-state index contributed by atoms with van der Waals surface area (Å²) < 4.78 is 31.7. The summed E-state index contributed by atoms with van der Waals surface area (Å²) in [6.45, 7) is 4.34. The molecule has 210 valence electrons. The molecule has 2 saturated heterocycles. The first kappa shape index (κ1) is 28.4. The van der Waals surface area contributed by atoms with E-state index in [1.807, 2.05) is 0 Å². The van der Waals surface area contributed by atoms with Gasteiger partial charge < -0.3 is 10.0 Å². The third kappa shape index (κ3) is 6.50. The van der Waals surface area contributed by atoms with Crippen LogP contribution in [0.25, 0.3) is 0 Å². The summed E-state index contributed by atoms with van der Waals surface area (Å²) in [5, 5.41) is 10.4. The Kier molecular flexibility index (Phi) is 9.00. The summed E-state index contributed by atoms with van der Waals surface area (Å²) in [5.41, 5.74) is 1.14. The number of carbonyl (C=O) groups excluding carboxylic acids is 1. The van der Waals surface area contributed by atoms with Crippen molar-refractivity contribution in [1.29, 1.82) is 0 Å². The van der Waals surface area contributed by atoms with Crippen molar-refractivity contribution in [3.8, 4) is 0 Å². The number of aliphatic carboxylic acids is 1. The Morgan fingerprint density at radius 3 is 2.26 bits per heavy atom. The molecule has 2 amide bonds. The summed E-state index contributed by atoms with van der Waals surface area (Å²) in [4.78, 5) is 32.3. The molecule has 2 aliphatic carbocycles. The minimum atomic E-state index is -5.08. The van der Waals surface area contributed by atoms with Crippen molar-refractivity contribution in [3.05, 3.63) is 35.9 Å². The van der Waals surface area contributed by atoms with Crippen molar-refractivity contribution in [1.82, 2.24) is 15.1 Å². The second-order valence-corrected chi connectivity index (χ2v) is 11.1. The van der Waals surface area contributed by atoms with Crippen LogP contribution < -0.4 is 5.32 Å². The topological polar surface area (TPSA) is 85.2 Å². The number of halogens is 3. The van der Waals surface area contributed by atoms with Gasteiger partial charge in [0.05, 0.1) is 6.04 Å². The zero-order valence-corrected chi connectivity index (χ0v) is 22.1. The highest BCUT2D eigenvalue weighted by Crippen LogP contribution is 2.42. The lowest BCUT2D eigenvalue weighted by atomic mass is 9.80. The minimum Gasteiger partial charge on any atom is -0.475 e. The average molecular weight is 537 g/mol. The van der Waals surface area contributed by atoms with Crippen LogP contribution in [0.1, 0.15) is 83.1 Å². The van der Waals surface area contributed by atoms with Crippen molar-refractivity contribution >= 4 is 17.8 Å². The number of amides is 2. The zero-order valence-electron chi connectivity index (χ0n) is 22.1. The quantitative estimate of drug-likeness (QED) is 0.514. The van der Waals surface area contributed by atoms with Crippen molar-refractivity contribution in [3.63, 3.8) is 0 Å². The summed E-state index contributed by atoms with van der Waals surface area (Å²) in [5.74, 6) is -1.75. The largest absolute Gasteiger partial charge is 0.490 e. The van der Waals surface area contributed by atoms with E-state index in [0.29, 0.717) is 18.1 Å². The van der Waals surface area contributed by atoms with Gasteiger partial charge in [0.2, 0.25) is 0 Å². The van der Waals surface area contributed by atoms with Gasteiger partial charge in [0.15, 0.2) is 0 Å². The number of hydrogen-bond acceptors (Lipinski definition) is 4. The number of carbonyl (C=O) groups is 2. The lowest BCUT2D eigenvalue weighted by Crippen LogP contribution is -2.61. The van der Waals surface area contributed by atoms with Gasteiger partial charge in [-0.3, -0.25) is 15.2 Å². The molecular weight excluding hydrogens is 497 g/mol. The molecule has 2 heterocycles. The molecule has 0 aromatic heterocycles. The van der Waals surface area contributed by atoms with E-state index in [-0.39, 0.29) is 11.6 Å². The van der Waals surface area contributed by atoms with Crippen molar-refractivity contribution in [2.75, 3.05) is 6.54 Å². The van der Waals surface area contributed by atoms with Gasteiger partial charge in [0, 0.05) is 25.2 Å². The number of aliphatic imine (C=N–C) groups is 1. The van der Waals surface area contributed by atoms with E-state index >= 15 is 0 Å². The van der Waals surface area contributed by atoms with Crippen LogP contribution in [0.5, 0.6) is 0 Å². The second-order valence-electron chi connectivity index (χ2n) is 11.1. The fourth-order valence-electron chi connectivity index (χ4n) is 6.56. The molecule has 38 heavy (non-hydrogen) atoms. The Labute approximate surface area is 222 Å². The molecule has 4 aliphatic rings. The normalized spacial score (nSPS) is 28.4. The van der Waals surface area contributed by atoms with E-state index in [9.17, 15) is 18.0 Å². The van der Waals surface area contributed by atoms with E-state index in [1.54, 1.807) is 0 Å². The van der Waals surface area contributed by atoms with Crippen molar-refractivity contribution < 1.29 is 27.9 Å². The van der Waals surface area contributed by atoms with E-state index in [0.717, 1.165) is 44.6 Å². The molecule has 0 bridgehead atoms. The Morgan fingerprint density at radius 2 is 1.68 bits per heavy atom. The molecule has 2 N–H and O–H groups in total. The van der Waals surface area contributed by atoms with Crippen LogP contribution in [0.2, 0.25) is 0 Å². The Bertz CT molecular complexity index is 991. The van der Waals surface area contributed by atoms with Crippen LogP contribution in [0.15, 0.2) is 35.3 Å². The maximum absolute atomic E-state index is 13.3. The number of carboxylic acids is 1. The average Bonchev–Trinajstić information content (AvgIpc) is 3.48. The molecule has 4 fully saturated rings. The van der Waals surface area contributed by atoms with Gasteiger partial charge in [-0.2, -0.15) is 13.2 Å². The van der Waals surface area contributed by atoms with Crippen LogP contribution in [-0.2, 0) is 11.3 Å². The fraction of sp³-hybridized carbons (Fsp3) is 0.679. The summed E-state index contributed by atoms with van der Waals surface area (Å²) in [6, 6.07) is 12.1. The maximum atomic E-state index is 13.3. The molecule has 1 aromatic carbocycles. The first-order chi connectivity index (χ1) is 18.1. The smallest absolute Gasteiger partial charge is 0.475 e. The third-order valence-electron chi connectivity index (χ3n) is 8.46. The predicted octanol–water partition coefficient (Wildman–Crippen LogP) is 5.74. The predicted molar refractivity (Wildman–Crippen MR) is 139 cm³/mol. The molecule has 10 heteroatoms. The number of rotatable bonds is 4. The van der Waals surface area contributed by atoms with Crippen LogP contribution in [-0.4, -0.2) is 69.1 Å². The van der Waals surface area contributed by atoms with Crippen molar-refractivity contribution in [2.45, 2.75) is 114 Å². The highest BCUT2D eigenvalue weighted by Gasteiger charge is 2.56. The van der Waals surface area contributed by atoms with Gasteiger partial charge >= 0.3 is 18.2 Å². The monoisotopic (exact) mass is 536 g/mol. The summed E-state index contributed by atoms with van der Waals surface area (Å²) >= 11 is 0. The molecule has 0 unspecified atom stereocenters. The van der Waals surface area contributed by atoms with Gasteiger partial charge in [-0.15, -0.1) is 0 Å². The van der Waals surface area contributed by atoms with Crippen LogP contribution in [0.3, 0.4) is 0 Å². The number of carboxylic acid groups (broad SMARTS) is 1. The highest BCUT2D eigenvalue weighted by atomic mass is 19.4. The zero-order chi connectivity index (χ0) is 27.3. The molecule has 2 aliphatic heterocycles. The highest BCUT2D eigenvalue weighted by molar-refractivity contribution is 6.10. The second kappa shape index (κ2) is 12.1. The van der Waals surface area contributed by atoms with Gasteiger partial charge in [0.1, 0.15) is 11.4 Å². The number of piperidine rings is 1. The summed E-state index contributed by atoms with van der Waals surface area (Å²) in [6.07, 6.45) is 7.91. The van der Waals surface area contributed by atoms with Crippen LogP contribution in [0.4, 0.5) is 18.0 Å². The number of alkyl halides is 3. The Morgan fingerprint density at radius 1 is 1.08 bits per heavy atom. The molecule has 2 saturated carbocycles. The van der Waals surface area contributed by atoms with Crippen molar-refractivity contribution in [2.24, 2.45) is 4.99 Å². The Balaban J connectivity index is 0.000000426. The molecule has 2 atom stereocenters. The van der Waals surface area contributed by atoms with Gasteiger partial charge in [-0.25, -0.2) is 9.59 Å². The molecular formula is C28H39F3N4O3. The number of urea groups is 1. The van der Waals surface area contributed by atoms with Crippen LogP contribution >= 0.6 is 0 Å². The number of benzene rings is 1. The number of hydrogen-bond donors (Lipinski definition) is 2. The third-order valence-corrected chi connectivity index (χ3v) is 8.46. The Hall–Kier alpha value is -2.62. The molecule has 1 spiro atoms. The number of nitrogens with zero attached hydrogens (tertiary/aromatic N) is 3. The first-order valence-electron chi connectivity index (χ1n) is 13.9. The minimum absolute atomic E-state index is 0.116. The lowest BCUT2D eigenvalue weighted by molar-refractivity contribution is -0.192. The molecule has 7 nitrogen and oxygen atoms in total. The molecule has 5 rings (SSSR count). The first-order valence-corrected chi connectivity index (χ1v) is 13.9. The van der Waals surface area contributed by atoms with Gasteiger partial charge in [-0.1, -0.05) is 62.4 Å². The lowest BCUT2D eigenvalue weighted by Gasteiger charge is -2.49. The van der Waals surface area contributed by atoms with E-state index in [1.165, 1.54) is 50.5 Å². The SMILES string of the molecule is C[C@H]1C[C@]2(CCN1Cc1ccccc1)C(=NC1CCCCC1)NC(=O)N2C1CCCC1.O=C(O)C(F)(F)F. The van der Waals surface area contributed by atoms with E-state index in [2.05, 4.69) is 52.4 Å². The number of amidine groups is 1. The number of likely N-dealkylation sites (tertiary alicyclic amines) is 1. The molecule has 1 aromatic rings. The standard InChI is InChI=1S/C26H38N4O.C2HF3O2/c1-20-18-26(16-17-29(20)19-21-10-4-2-5-11-21)24(27-22-12-6-3-7-13-22)28-25(31)30(26)23-14-8-9-15-23;3-2(4,5)1(6)7/h2,4-5,10-11,20,22-23H,3,6-9,12-19H2,1H3,(H,27,28,31);(H,6,7)/t20-,26+;/m0./s1. The number of nitrogens with one attached hydrogen (secondary N) is 1. The maximum Gasteiger partial charge on any atom is 0.490 e. The fourth-order valence-corrected chi connectivity index (χ4v) is 6.56. The molecule has 0 radical (unpaired) electrons. The van der Waals surface area contributed by atoms with Gasteiger partial charge in [0.25, 0.3) is 0 Å². The van der Waals surface area contributed by atoms with Gasteiger partial charge in [-0.05, 0) is 51.0 Å². The van der Waals surface area contributed by atoms with E-state index in [4.69, 9.17) is 14.9 Å². The summed E-state index contributed by atoms with van der Waals surface area (Å²) in [7, 11) is 0. The van der Waals surface area contributed by atoms with E-state index < -0.39 is 12.1 Å².